The fraction of sp³-hybridized carbons (Fsp3) is 0.348. The normalized spacial score (nSPS) is 15.3. The Hall–Kier alpha value is -3.43. The van der Waals surface area contributed by atoms with Gasteiger partial charge in [0.1, 0.15) is 11.5 Å². The smallest absolute Gasteiger partial charge is 0.189 e. The predicted molar refractivity (Wildman–Crippen MR) is 123 cm³/mol. The van der Waals surface area contributed by atoms with Gasteiger partial charge < -0.3 is 24.3 Å². The fourth-order valence-corrected chi connectivity index (χ4v) is 3.35. The lowest BCUT2D eigenvalue weighted by molar-refractivity contribution is -0.00850. The van der Waals surface area contributed by atoms with Gasteiger partial charge in [0.15, 0.2) is 6.79 Å². The first-order chi connectivity index (χ1) is 15.6. The lowest BCUT2D eigenvalue weighted by atomic mass is 10.1. The number of methoxy groups -OCH3 is 2. The molecule has 1 atom stereocenters. The molecule has 1 unspecified atom stereocenters. The van der Waals surface area contributed by atoms with Gasteiger partial charge in [-0.1, -0.05) is 0 Å². The molecule has 0 fully saturated rings. The number of rotatable bonds is 10. The highest BCUT2D eigenvalue weighted by atomic mass is 16.7. The average molecular weight is 438 g/mol. The van der Waals surface area contributed by atoms with E-state index in [1.807, 2.05) is 60.9 Å². The van der Waals surface area contributed by atoms with Crippen LogP contribution in [0, 0.1) is 0 Å². The molecule has 9 heteroatoms. The molecule has 4 rings (SSSR count). The Balaban J connectivity index is 1.50. The lowest BCUT2D eigenvalue weighted by Crippen LogP contribution is -2.13. The van der Waals surface area contributed by atoms with Gasteiger partial charge in [-0.15, -0.1) is 0 Å². The lowest BCUT2D eigenvalue weighted by Gasteiger charge is -2.13. The second-order valence-electron chi connectivity index (χ2n) is 7.40. The summed E-state index contributed by atoms with van der Waals surface area (Å²) in [5, 5.41) is 9.59. The Morgan fingerprint density at radius 1 is 1.03 bits per heavy atom. The Kier molecular flexibility index (Phi) is 6.98. The molecule has 0 saturated heterocycles. The average Bonchev–Trinajstić information content (AvgIpc) is 3.24. The Morgan fingerprint density at radius 3 is 2.69 bits per heavy atom. The Bertz CT molecular complexity index is 1090. The van der Waals surface area contributed by atoms with E-state index in [-0.39, 0.29) is 12.7 Å². The van der Waals surface area contributed by atoms with E-state index in [1.54, 1.807) is 14.2 Å². The van der Waals surface area contributed by atoms with Crippen LogP contribution in [-0.4, -0.2) is 69.0 Å². The van der Waals surface area contributed by atoms with Crippen molar-refractivity contribution >= 4 is 28.6 Å². The zero-order valence-electron chi connectivity index (χ0n) is 18.4. The summed E-state index contributed by atoms with van der Waals surface area (Å²) in [5.41, 5.74) is 4.28. The second kappa shape index (κ2) is 10.3. The number of hydrazone groups is 1. The predicted octanol–water partition coefficient (Wildman–Crippen LogP) is 3.40. The quantitative estimate of drug-likeness (QED) is 0.381. The van der Waals surface area contributed by atoms with E-state index in [0.29, 0.717) is 24.7 Å². The van der Waals surface area contributed by atoms with Crippen LogP contribution in [0.3, 0.4) is 0 Å². The third kappa shape index (κ3) is 5.43. The van der Waals surface area contributed by atoms with Gasteiger partial charge >= 0.3 is 0 Å². The molecular formula is C23H27N5O4. The summed E-state index contributed by atoms with van der Waals surface area (Å²) in [6, 6.07) is 11.5. The summed E-state index contributed by atoms with van der Waals surface area (Å²) in [6.45, 7) is 1.92. The number of likely N-dealkylation sites (N-methyl/N-ethyl adjacent to an activating group) is 1. The van der Waals surface area contributed by atoms with Crippen LogP contribution in [-0.2, 0) is 9.47 Å². The van der Waals surface area contributed by atoms with Crippen LogP contribution >= 0.6 is 0 Å². The van der Waals surface area contributed by atoms with Gasteiger partial charge in [-0.3, -0.25) is 9.99 Å². The van der Waals surface area contributed by atoms with Crippen molar-refractivity contribution in [2.24, 2.45) is 5.10 Å². The number of hydrogen-bond donors (Lipinski definition) is 1. The molecule has 32 heavy (non-hydrogen) atoms. The highest BCUT2D eigenvalue weighted by Crippen LogP contribution is 2.29. The monoisotopic (exact) mass is 437 g/mol. The molecule has 0 amide bonds. The largest absolute Gasteiger partial charge is 0.497 e. The topological polar surface area (TPSA) is 90.3 Å². The van der Waals surface area contributed by atoms with Crippen molar-refractivity contribution < 1.29 is 18.9 Å². The zero-order chi connectivity index (χ0) is 22.3. The first-order valence-electron chi connectivity index (χ1n) is 10.3. The zero-order valence-corrected chi connectivity index (χ0v) is 18.4. The summed E-state index contributed by atoms with van der Waals surface area (Å²) in [7, 11) is 5.20. The van der Waals surface area contributed by atoms with E-state index in [4.69, 9.17) is 23.9 Å². The van der Waals surface area contributed by atoms with E-state index in [9.17, 15) is 0 Å². The van der Waals surface area contributed by atoms with Crippen LogP contribution in [0.15, 0.2) is 47.7 Å². The van der Waals surface area contributed by atoms with Gasteiger partial charge in [0, 0.05) is 62.7 Å². The van der Waals surface area contributed by atoms with Crippen LogP contribution in [0.4, 0.5) is 11.4 Å². The van der Waals surface area contributed by atoms with Gasteiger partial charge in [-0.05, 0) is 18.2 Å². The number of nitrogens with zero attached hydrogens (tertiary/aromatic N) is 4. The van der Waals surface area contributed by atoms with Crippen LogP contribution in [0.5, 0.6) is 11.5 Å². The van der Waals surface area contributed by atoms with E-state index < -0.39 is 0 Å². The molecule has 3 aromatic rings. The number of benzene rings is 2. The van der Waals surface area contributed by atoms with Crippen LogP contribution in [0.2, 0.25) is 0 Å². The highest BCUT2D eigenvalue weighted by Gasteiger charge is 2.18. The fourth-order valence-electron chi connectivity index (χ4n) is 3.35. The van der Waals surface area contributed by atoms with Gasteiger partial charge in [-0.2, -0.15) is 5.10 Å². The molecule has 2 heterocycles. The number of nitrogens with one attached hydrogen (secondary N) is 1. The van der Waals surface area contributed by atoms with Crippen molar-refractivity contribution in [3.8, 4) is 11.5 Å². The minimum Gasteiger partial charge on any atom is -0.497 e. The number of aromatic nitrogens is 2. The maximum absolute atomic E-state index is 5.69. The summed E-state index contributed by atoms with van der Waals surface area (Å²) in [4.78, 5) is 9.38. The molecule has 0 radical (unpaired) electrons. The molecule has 1 aromatic heterocycles. The summed E-state index contributed by atoms with van der Waals surface area (Å²) >= 11 is 0. The van der Waals surface area contributed by atoms with E-state index in [0.717, 1.165) is 34.6 Å². The number of fused-ring (bicyclic) bond motifs is 1. The van der Waals surface area contributed by atoms with E-state index >= 15 is 0 Å². The summed E-state index contributed by atoms with van der Waals surface area (Å²) in [5.74, 6) is 1.46. The molecule has 0 spiro atoms. The molecule has 9 nitrogen and oxygen atoms in total. The van der Waals surface area contributed by atoms with Crippen LogP contribution in [0.1, 0.15) is 11.6 Å². The SMILES string of the molecule is COCCOCOc1cc(Nc2ccc3ncc(C4C=NN(C)C4)nc3c2)cc(OC)c1. The third-order valence-corrected chi connectivity index (χ3v) is 4.99. The van der Waals surface area contributed by atoms with Crippen molar-refractivity contribution in [1.29, 1.82) is 0 Å². The molecule has 1 aliphatic heterocycles. The summed E-state index contributed by atoms with van der Waals surface area (Å²) in [6.07, 6.45) is 3.74. The van der Waals surface area contributed by atoms with E-state index in [2.05, 4.69) is 15.4 Å². The second-order valence-corrected chi connectivity index (χ2v) is 7.40. The molecule has 0 aliphatic carbocycles. The highest BCUT2D eigenvalue weighted by molar-refractivity contribution is 5.81. The number of anilines is 2. The van der Waals surface area contributed by atoms with Gasteiger partial charge in [-0.25, -0.2) is 4.98 Å². The van der Waals surface area contributed by atoms with Crippen LogP contribution in [0.25, 0.3) is 11.0 Å². The van der Waals surface area contributed by atoms with Crippen molar-refractivity contribution in [2.75, 3.05) is 53.1 Å². The van der Waals surface area contributed by atoms with Gasteiger partial charge in [0.2, 0.25) is 0 Å². The molecule has 1 N–H and O–H groups in total. The minimum atomic E-state index is 0.129. The molecule has 2 aromatic carbocycles. The first-order valence-corrected chi connectivity index (χ1v) is 10.3. The van der Waals surface area contributed by atoms with E-state index in [1.165, 1.54) is 0 Å². The maximum Gasteiger partial charge on any atom is 0.189 e. The van der Waals surface area contributed by atoms with Crippen molar-refractivity contribution in [3.05, 3.63) is 48.3 Å². The summed E-state index contributed by atoms with van der Waals surface area (Å²) < 4.78 is 21.4. The molecule has 168 valence electrons. The van der Waals surface area contributed by atoms with Crippen LogP contribution < -0.4 is 14.8 Å². The van der Waals surface area contributed by atoms with Crippen molar-refractivity contribution in [1.82, 2.24) is 15.0 Å². The number of ether oxygens (including phenoxy) is 4. The van der Waals surface area contributed by atoms with Gasteiger partial charge in [0.05, 0.1) is 43.0 Å². The molecule has 0 saturated carbocycles. The Morgan fingerprint density at radius 2 is 1.91 bits per heavy atom. The molecular weight excluding hydrogens is 410 g/mol. The third-order valence-electron chi connectivity index (χ3n) is 4.99. The molecule has 1 aliphatic rings. The van der Waals surface area contributed by atoms with Crippen molar-refractivity contribution in [2.45, 2.75) is 5.92 Å². The van der Waals surface area contributed by atoms with Crippen molar-refractivity contribution in [3.63, 3.8) is 0 Å². The minimum absolute atomic E-state index is 0.129. The van der Waals surface area contributed by atoms with Gasteiger partial charge in [0.25, 0.3) is 0 Å². The molecule has 0 bridgehead atoms. The Labute approximate surface area is 187 Å². The maximum atomic E-state index is 5.69. The number of hydrogen-bond acceptors (Lipinski definition) is 9. The standard InChI is InChI=1S/C23H27N5O4/c1-28-14-16(12-25-28)23-13-24-21-5-4-17(10-22(21)27-23)26-18-8-19(30-3)11-20(9-18)32-15-31-7-6-29-2/h4-5,8-13,16,26H,6-7,14-15H2,1-3H3. The first kappa shape index (κ1) is 21.8.